The summed E-state index contributed by atoms with van der Waals surface area (Å²) in [6.07, 6.45) is 22.8. The van der Waals surface area contributed by atoms with E-state index in [1.165, 1.54) is 50.8 Å². The smallest absolute Gasteiger partial charge is 0.342 e. The summed E-state index contributed by atoms with van der Waals surface area (Å²) in [4.78, 5) is 22.3. The number of hydrogen-bond donors (Lipinski definition) is 1. The summed E-state index contributed by atoms with van der Waals surface area (Å²) in [6, 6.07) is 4.25. The van der Waals surface area contributed by atoms with Crippen LogP contribution in [0.1, 0.15) is 116 Å². The van der Waals surface area contributed by atoms with Crippen LogP contribution in [0, 0.1) is 10.1 Å². The van der Waals surface area contributed by atoms with Crippen LogP contribution in [0.5, 0.6) is 0 Å². The molecule has 0 aliphatic carbocycles. The number of rotatable bonds is 20. The Bertz CT molecular complexity index is 1140. The lowest BCUT2D eigenvalue weighted by atomic mass is 10.0. The molecule has 0 amide bonds. The van der Waals surface area contributed by atoms with Gasteiger partial charge in [-0.25, -0.2) is 4.79 Å². The molecular formula is C34H49NO4S2. The van der Waals surface area contributed by atoms with E-state index in [4.69, 9.17) is 0 Å². The molecule has 7 heteroatoms. The van der Waals surface area contributed by atoms with Gasteiger partial charge in [0, 0.05) is 16.7 Å². The van der Waals surface area contributed by atoms with Crippen LogP contribution in [-0.4, -0.2) is 21.8 Å². The van der Waals surface area contributed by atoms with Crippen LogP contribution in [0.15, 0.2) is 81.3 Å². The zero-order valence-corrected chi connectivity index (χ0v) is 27.5. The third-order valence-corrected chi connectivity index (χ3v) is 9.11. The number of nitrogens with zero attached hydrogens (tertiary/aromatic N) is 1. The monoisotopic (exact) mass is 599 g/mol. The van der Waals surface area contributed by atoms with Gasteiger partial charge in [0.15, 0.2) is 0 Å². The minimum atomic E-state index is -1.28. The summed E-state index contributed by atoms with van der Waals surface area (Å²) in [5.41, 5.74) is 6.61. The maximum Gasteiger partial charge on any atom is 0.342 e. The van der Waals surface area contributed by atoms with Gasteiger partial charge < -0.3 is 5.11 Å². The van der Waals surface area contributed by atoms with E-state index in [1.807, 2.05) is 0 Å². The van der Waals surface area contributed by atoms with Crippen molar-refractivity contribution in [3.05, 3.63) is 92.1 Å². The van der Waals surface area contributed by atoms with Crippen LogP contribution >= 0.6 is 21.6 Å². The molecule has 0 unspecified atom stereocenters. The van der Waals surface area contributed by atoms with Crippen LogP contribution < -0.4 is 0 Å². The van der Waals surface area contributed by atoms with Crippen molar-refractivity contribution in [1.82, 2.24) is 0 Å². The molecule has 1 aromatic rings. The van der Waals surface area contributed by atoms with Crippen molar-refractivity contribution in [2.75, 3.05) is 5.75 Å². The normalized spacial score (nSPS) is 12.9. The van der Waals surface area contributed by atoms with E-state index < -0.39 is 10.9 Å². The minimum Gasteiger partial charge on any atom is -0.477 e. The molecular weight excluding hydrogens is 551 g/mol. The predicted octanol–water partition coefficient (Wildman–Crippen LogP) is 11.7. The molecule has 1 aromatic carbocycles. The van der Waals surface area contributed by atoms with Crippen molar-refractivity contribution in [1.29, 1.82) is 0 Å². The molecule has 0 radical (unpaired) electrons. The van der Waals surface area contributed by atoms with Gasteiger partial charge in [0.1, 0.15) is 5.56 Å². The second kappa shape index (κ2) is 21.2. The maximum absolute atomic E-state index is 11.3. The van der Waals surface area contributed by atoms with Crippen molar-refractivity contribution in [2.45, 2.75) is 111 Å². The Labute approximate surface area is 255 Å². The molecule has 0 aliphatic heterocycles. The molecule has 0 bridgehead atoms. The Kier molecular flexibility index (Phi) is 18.9. The van der Waals surface area contributed by atoms with Gasteiger partial charge in [0.2, 0.25) is 0 Å². The number of nitro groups is 1. The summed E-state index contributed by atoms with van der Waals surface area (Å²) in [7, 11) is 3.10. The van der Waals surface area contributed by atoms with Crippen LogP contribution in [0.25, 0.3) is 0 Å². The Morgan fingerprint density at radius 2 is 1.24 bits per heavy atom. The summed E-state index contributed by atoms with van der Waals surface area (Å²) < 4.78 is 0. The van der Waals surface area contributed by atoms with Crippen LogP contribution in [0.2, 0.25) is 0 Å². The minimum absolute atomic E-state index is 0.269. The first kappa shape index (κ1) is 36.5. The fourth-order valence-corrected chi connectivity index (χ4v) is 6.25. The molecule has 1 N–H and O–H groups in total. The number of carbonyl (C=O) groups is 1. The number of allylic oxidation sites excluding steroid dienone is 10. The van der Waals surface area contributed by atoms with E-state index in [9.17, 15) is 20.0 Å². The van der Waals surface area contributed by atoms with Crippen molar-refractivity contribution in [3.63, 3.8) is 0 Å². The molecule has 5 nitrogen and oxygen atoms in total. The van der Waals surface area contributed by atoms with Crippen molar-refractivity contribution in [2.24, 2.45) is 0 Å². The highest BCUT2D eigenvalue weighted by Crippen LogP contribution is 2.34. The van der Waals surface area contributed by atoms with E-state index in [0.29, 0.717) is 4.90 Å². The fourth-order valence-electron chi connectivity index (χ4n) is 4.13. The highest BCUT2D eigenvalue weighted by atomic mass is 33.1. The van der Waals surface area contributed by atoms with Gasteiger partial charge in [-0.05, 0) is 118 Å². The Morgan fingerprint density at radius 3 is 1.68 bits per heavy atom. The van der Waals surface area contributed by atoms with E-state index >= 15 is 0 Å². The molecule has 0 saturated carbocycles. The number of hydrogen-bond acceptors (Lipinski definition) is 5. The Hall–Kier alpha value is -2.51. The van der Waals surface area contributed by atoms with Crippen LogP contribution in [0.3, 0.4) is 0 Å². The molecule has 0 fully saturated rings. The van der Waals surface area contributed by atoms with Crippen molar-refractivity contribution in [3.8, 4) is 0 Å². The molecule has 0 aliphatic rings. The molecule has 0 aromatic heterocycles. The third-order valence-electron chi connectivity index (χ3n) is 6.66. The Morgan fingerprint density at radius 1 is 0.780 bits per heavy atom. The lowest BCUT2D eigenvalue weighted by Gasteiger charge is -2.04. The maximum atomic E-state index is 11.3. The fraction of sp³-hybridized carbons (Fsp3) is 0.500. The molecule has 41 heavy (non-hydrogen) atoms. The number of unbranched alkanes of at least 4 members (excludes halogenated alkanes) is 1. The third kappa shape index (κ3) is 17.8. The van der Waals surface area contributed by atoms with Gasteiger partial charge in [0.05, 0.1) is 4.92 Å². The molecule has 0 heterocycles. The quantitative estimate of drug-likeness (QED) is 0.0528. The van der Waals surface area contributed by atoms with Crippen LogP contribution in [0.4, 0.5) is 5.69 Å². The van der Waals surface area contributed by atoms with Crippen LogP contribution in [-0.2, 0) is 0 Å². The van der Waals surface area contributed by atoms with E-state index in [2.05, 4.69) is 71.9 Å². The average Bonchev–Trinajstić information content (AvgIpc) is 2.90. The average molecular weight is 600 g/mol. The first-order chi connectivity index (χ1) is 19.5. The summed E-state index contributed by atoms with van der Waals surface area (Å²) in [5.74, 6) is -0.358. The number of aromatic carboxylic acids is 1. The van der Waals surface area contributed by atoms with Gasteiger partial charge in [-0.3, -0.25) is 10.1 Å². The topological polar surface area (TPSA) is 80.4 Å². The molecule has 226 valence electrons. The largest absolute Gasteiger partial charge is 0.477 e. The number of carboxylic acid groups (broad SMARTS) is 1. The SMILES string of the molecule is CC(C)=CCC/C(C)=C\CC/C(C)=C\CC/C(C)=C\CC/C(C)=C\CCCSSc1ccc([N+](=O)[O-])c(C(=O)O)c1. The predicted molar refractivity (Wildman–Crippen MR) is 179 cm³/mol. The van der Waals surface area contributed by atoms with Gasteiger partial charge >= 0.3 is 5.97 Å². The highest BCUT2D eigenvalue weighted by Gasteiger charge is 2.20. The first-order valence-corrected chi connectivity index (χ1v) is 16.9. The second-order valence-electron chi connectivity index (χ2n) is 10.9. The first-order valence-electron chi connectivity index (χ1n) is 14.6. The van der Waals surface area contributed by atoms with Gasteiger partial charge in [-0.15, -0.1) is 0 Å². The number of nitro benzene ring substituents is 1. The van der Waals surface area contributed by atoms with Gasteiger partial charge in [-0.2, -0.15) is 0 Å². The van der Waals surface area contributed by atoms with E-state index in [-0.39, 0.29) is 11.3 Å². The van der Waals surface area contributed by atoms with Gasteiger partial charge in [0.25, 0.3) is 5.69 Å². The molecule has 0 saturated heterocycles. The molecule has 0 spiro atoms. The zero-order valence-electron chi connectivity index (χ0n) is 25.8. The summed E-state index contributed by atoms with van der Waals surface area (Å²) in [6.45, 7) is 13.2. The van der Waals surface area contributed by atoms with Crippen molar-refractivity contribution < 1.29 is 14.8 Å². The standard InChI is InChI=1S/C34H49NO4S2/c1-26(2)13-9-15-28(4)17-11-19-30(6)21-12-20-29(5)18-10-16-27(3)14-7-8-24-40-41-31-22-23-33(35(38)39)32(25-31)34(36)37/h13-14,17-18,21-23,25H,7-12,15-16,19-20,24H2,1-6H3,(H,36,37)/b27-14-,28-17-,29-18-,30-21-. The summed E-state index contributed by atoms with van der Waals surface area (Å²) in [5, 5.41) is 20.2. The number of carboxylic acids is 1. The van der Waals surface area contributed by atoms with Crippen molar-refractivity contribution >= 4 is 33.2 Å². The molecule has 0 atom stereocenters. The van der Waals surface area contributed by atoms with Gasteiger partial charge in [-0.1, -0.05) is 79.8 Å². The number of benzene rings is 1. The zero-order chi connectivity index (χ0) is 30.6. The summed E-state index contributed by atoms with van der Waals surface area (Å²) >= 11 is 0. The van der Waals surface area contributed by atoms with E-state index in [1.54, 1.807) is 16.9 Å². The van der Waals surface area contributed by atoms with E-state index in [0.717, 1.165) is 70.0 Å². The molecule has 1 rings (SSSR count). The lowest BCUT2D eigenvalue weighted by Crippen LogP contribution is -2.02. The lowest BCUT2D eigenvalue weighted by molar-refractivity contribution is -0.385. The highest BCUT2D eigenvalue weighted by molar-refractivity contribution is 8.76. The Balaban J connectivity index is 2.24. The second-order valence-corrected chi connectivity index (χ2v) is 13.4.